The smallest absolute Gasteiger partial charge is 0.142 e. The normalized spacial score (nSPS) is 20.5. The number of hydrogen-bond acceptors (Lipinski definition) is 5. The highest BCUT2D eigenvalue weighted by Crippen LogP contribution is 2.41. The summed E-state index contributed by atoms with van der Waals surface area (Å²) in [5.74, 6) is 2.82. The highest BCUT2D eigenvalue weighted by Gasteiger charge is 2.29. The van der Waals surface area contributed by atoms with Crippen LogP contribution in [0.1, 0.15) is 38.9 Å². The summed E-state index contributed by atoms with van der Waals surface area (Å²) in [5.41, 5.74) is 2.40. The lowest BCUT2D eigenvalue weighted by Crippen LogP contribution is -2.44. The monoisotopic (exact) mass is 367 g/mol. The summed E-state index contributed by atoms with van der Waals surface area (Å²) in [6.45, 7) is 6.63. The second-order valence-corrected chi connectivity index (χ2v) is 8.05. The molecular weight excluding hydrogens is 342 g/mol. The number of hydrogen-bond donors (Lipinski definition) is 0. The molecule has 0 amide bonds. The minimum absolute atomic E-state index is 0.500. The fourth-order valence-corrected chi connectivity index (χ4v) is 5.02. The molecule has 1 aromatic carbocycles. The average Bonchev–Trinajstić information content (AvgIpc) is 3.05. The minimum Gasteiger partial charge on any atom is -0.497 e. The third-order valence-corrected chi connectivity index (χ3v) is 6.24. The van der Waals surface area contributed by atoms with Crippen LogP contribution in [0.5, 0.6) is 5.75 Å². The molecule has 3 aromatic rings. The molecule has 2 aromatic heterocycles. The Bertz CT molecular complexity index is 909. The van der Waals surface area contributed by atoms with Crippen LogP contribution in [0.25, 0.3) is 21.3 Å². The van der Waals surface area contributed by atoms with Gasteiger partial charge in [-0.25, -0.2) is 9.97 Å². The second-order valence-electron chi connectivity index (χ2n) is 7.19. The highest BCUT2D eigenvalue weighted by atomic mass is 32.1. The lowest BCUT2D eigenvalue weighted by Gasteiger charge is -2.40. The van der Waals surface area contributed by atoms with Crippen LogP contribution in [0, 0.1) is 6.92 Å². The molecule has 4 nitrogen and oxygen atoms in total. The van der Waals surface area contributed by atoms with Gasteiger partial charge in [-0.1, -0.05) is 12.1 Å². The Morgan fingerprint density at radius 2 is 1.77 bits per heavy atom. The molecule has 0 N–H and O–H groups in total. The molecule has 26 heavy (non-hydrogen) atoms. The molecule has 2 atom stereocenters. The van der Waals surface area contributed by atoms with Gasteiger partial charge in [0.1, 0.15) is 22.2 Å². The molecule has 1 aliphatic rings. The van der Waals surface area contributed by atoms with Crippen LogP contribution in [0.2, 0.25) is 0 Å². The van der Waals surface area contributed by atoms with Gasteiger partial charge < -0.3 is 9.64 Å². The molecule has 2 unspecified atom stereocenters. The number of ether oxygens (including phenoxy) is 1. The minimum atomic E-state index is 0.500. The van der Waals surface area contributed by atoms with Crippen molar-refractivity contribution in [3.05, 3.63) is 35.5 Å². The van der Waals surface area contributed by atoms with Crippen LogP contribution in [-0.4, -0.2) is 29.2 Å². The van der Waals surface area contributed by atoms with Crippen LogP contribution in [-0.2, 0) is 0 Å². The lowest BCUT2D eigenvalue weighted by molar-refractivity contribution is 0.412. The van der Waals surface area contributed by atoms with Crippen molar-refractivity contribution in [2.75, 3.05) is 12.0 Å². The fourth-order valence-electron chi connectivity index (χ4n) is 4.04. The number of nitrogens with zero attached hydrogens (tertiary/aromatic N) is 3. The van der Waals surface area contributed by atoms with E-state index in [0.717, 1.165) is 22.2 Å². The Morgan fingerprint density at radius 3 is 2.42 bits per heavy atom. The number of piperidine rings is 1. The zero-order chi connectivity index (χ0) is 18.3. The molecule has 3 heterocycles. The summed E-state index contributed by atoms with van der Waals surface area (Å²) in [6.07, 6.45) is 3.73. The standard InChI is InChI=1S/C21H25N3OS/c1-13-6-5-7-14(2)24(13)20-19-18(12-26-21(19)23-15(3)22-20)16-8-10-17(25-4)11-9-16/h8-14H,5-7H2,1-4H3. The summed E-state index contributed by atoms with van der Waals surface area (Å²) in [6, 6.07) is 9.26. The van der Waals surface area contributed by atoms with Crippen molar-refractivity contribution in [3.8, 4) is 16.9 Å². The third kappa shape index (κ3) is 2.94. The third-order valence-electron chi connectivity index (χ3n) is 5.37. The van der Waals surface area contributed by atoms with E-state index in [1.807, 2.05) is 19.1 Å². The van der Waals surface area contributed by atoms with Crippen LogP contribution in [0.4, 0.5) is 5.82 Å². The number of thiophene rings is 1. The van der Waals surface area contributed by atoms with Crippen LogP contribution in [0.3, 0.4) is 0 Å². The van der Waals surface area contributed by atoms with Crippen LogP contribution >= 0.6 is 11.3 Å². The van der Waals surface area contributed by atoms with E-state index in [-0.39, 0.29) is 0 Å². The molecule has 5 heteroatoms. The zero-order valence-corrected chi connectivity index (χ0v) is 16.6. The Labute approximate surface area is 158 Å². The van der Waals surface area contributed by atoms with E-state index in [2.05, 4.69) is 36.3 Å². The average molecular weight is 368 g/mol. The molecule has 4 rings (SSSR count). The molecule has 1 saturated heterocycles. The van der Waals surface area contributed by atoms with Crippen molar-refractivity contribution >= 4 is 27.4 Å². The van der Waals surface area contributed by atoms with Crippen molar-refractivity contribution < 1.29 is 4.74 Å². The van der Waals surface area contributed by atoms with E-state index in [9.17, 15) is 0 Å². The summed E-state index contributed by atoms with van der Waals surface area (Å²) in [7, 11) is 1.70. The Morgan fingerprint density at radius 1 is 1.08 bits per heavy atom. The maximum absolute atomic E-state index is 5.31. The number of aryl methyl sites for hydroxylation is 1. The first-order chi connectivity index (χ1) is 12.6. The predicted molar refractivity (Wildman–Crippen MR) is 109 cm³/mol. The molecule has 1 fully saturated rings. The zero-order valence-electron chi connectivity index (χ0n) is 15.8. The molecule has 0 saturated carbocycles. The van der Waals surface area contributed by atoms with E-state index in [4.69, 9.17) is 14.7 Å². The van der Waals surface area contributed by atoms with Crippen molar-refractivity contribution in [3.63, 3.8) is 0 Å². The van der Waals surface area contributed by atoms with Gasteiger partial charge in [0.15, 0.2) is 0 Å². The number of anilines is 1. The Hall–Kier alpha value is -2.14. The van der Waals surface area contributed by atoms with E-state index in [1.54, 1.807) is 18.4 Å². The van der Waals surface area contributed by atoms with Crippen LogP contribution < -0.4 is 9.64 Å². The maximum atomic E-state index is 5.31. The summed E-state index contributed by atoms with van der Waals surface area (Å²) in [5, 5.41) is 3.40. The summed E-state index contributed by atoms with van der Waals surface area (Å²) in [4.78, 5) is 13.2. The summed E-state index contributed by atoms with van der Waals surface area (Å²) < 4.78 is 5.31. The van der Waals surface area contributed by atoms with Gasteiger partial charge in [0.25, 0.3) is 0 Å². The van der Waals surface area contributed by atoms with Gasteiger partial charge in [0.05, 0.1) is 12.5 Å². The Kier molecular flexibility index (Phi) is 4.57. The number of rotatable bonds is 3. The SMILES string of the molecule is COc1ccc(-c2csc3nc(C)nc(N4C(C)CCCC4C)c23)cc1. The quantitative estimate of drug-likeness (QED) is 0.617. The van der Waals surface area contributed by atoms with E-state index >= 15 is 0 Å². The number of aromatic nitrogens is 2. The second kappa shape index (κ2) is 6.88. The lowest BCUT2D eigenvalue weighted by atomic mass is 9.96. The van der Waals surface area contributed by atoms with Gasteiger partial charge in [-0.05, 0) is 57.7 Å². The molecule has 1 aliphatic heterocycles. The number of fused-ring (bicyclic) bond motifs is 1. The molecule has 0 radical (unpaired) electrons. The number of methoxy groups -OCH3 is 1. The molecule has 0 aliphatic carbocycles. The number of benzene rings is 1. The first-order valence-electron chi connectivity index (χ1n) is 9.27. The van der Waals surface area contributed by atoms with Crippen molar-refractivity contribution in [1.82, 2.24) is 9.97 Å². The van der Waals surface area contributed by atoms with E-state index in [0.29, 0.717) is 12.1 Å². The highest BCUT2D eigenvalue weighted by molar-refractivity contribution is 7.17. The molecule has 136 valence electrons. The fraction of sp³-hybridized carbons (Fsp3) is 0.429. The van der Waals surface area contributed by atoms with Gasteiger partial charge >= 0.3 is 0 Å². The van der Waals surface area contributed by atoms with E-state index in [1.165, 1.54) is 35.8 Å². The first kappa shape index (κ1) is 17.3. The van der Waals surface area contributed by atoms with Gasteiger partial charge in [-0.2, -0.15) is 0 Å². The van der Waals surface area contributed by atoms with Crippen molar-refractivity contribution in [2.45, 2.75) is 52.1 Å². The molecule has 0 spiro atoms. The van der Waals surface area contributed by atoms with Gasteiger partial charge in [0.2, 0.25) is 0 Å². The first-order valence-corrected chi connectivity index (χ1v) is 10.1. The largest absolute Gasteiger partial charge is 0.497 e. The van der Waals surface area contributed by atoms with Crippen molar-refractivity contribution in [1.29, 1.82) is 0 Å². The predicted octanol–water partition coefficient (Wildman–Crippen LogP) is 5.44. The Balaban J connectivity index is 1.90. The van der Waals surface area contributed by atoms with E-state index < -0.39 is 0 Å². The van der Waals surface area contributed by atoms with Crippen molar-refractivity contribution in [2.24, 2.45) is 0 Å². The van der Waals surface area contributed by atoms with Gasteiger partial charge in [-0.3, -0.25) is 0 Å². The molecule has 0 bridgehead atoms. The van der Waals surface area contributed by atoms with Gasteiger partial charge in [-0.15, -0.1) is 11.3 Å². The van der Waals surface area contributed by atoms with Crippen LogP contribution in [0.15, 0.2) is 29.6 Å². The summed E-state index contributed by atoms with van der Waals surface area (Å²) >= 11 is 1.70. The van der Waals surface area contributed by atoms with Gasteiger partial charge in [0, 0.05) is 23.0 Å². The topological polar surface area (TPSA) is 38.3 Å². The maximum Gasteiger partial charge on any atom is 0.142 e. The molecular formula is C21H25N3OS.